The van der Waals surface area contributed by atoms with Crippen LogP contribution < -0.4 is 10.6 Å². The number of aliphatic carboxylic acids is 1. The minimum absolute atomic E-state index is 0.00188. The zero-order valence-electron chi connectivity index (χ0n) is 11.1. The standard InChI is InChI=1S/C12H24N2O3/c1-5-8(2)14-11(15)6-7-13-10(4)9(3)12(16)17/h8-10,13H,5-7H2,1-4H3,(H,14,15)(H,16,17). The maximum absolute atomic E-state index is 11.4. The van der Waals surface area contributed by atoms with Crippen LogP contribution in [0.2, 0.25) is 0 Å². The zero-order chi connectivity index (χ0) is 13.4. The number of rotatable bonds is 8. The molecule has 3 atom stereocenters. The van der Waals surface area contributed by atoms with Crippen LogP contribution in [0.4, 0.5) is 0 Å². The first-order valence-electron chi connectivity index (χ1n) is 6.14. The summed E-state index contributed by atoms with van der Waals surface area (Å²) in [6.07, 6.45) is 1.28. The highest BCUT2D eigenvalue weighted by molar-refractivity contribution is 5.76. The molecule has 0 saturated carbocycles. The third-order valence-electron chi connectivity index (χ3n) is 2.98. The maximum atomic E-state index is 11.4. The summed E-state index contributed by atoms with van der Waals surface area (Å²) in [5.74, 6) is -1.27. The fraction of sp³-hybridized carbons (Fsp3) is 0.833. The van der Waals surface area contributed by atoms with Crippen LogP contribution in [0.1, 0.15) is 40.5 Å². The molecule has 1 amide bonds. The lowest BCUT2D eigenvalue weighted by Gasteiger charge is -2.18. The number of amides is 1. The van der Waals surface area contributed by atoms with Gasteiger partial charge in [0.25, 0.3) is 0 Å². The lowest BCUT2D eigenvalue weighted by atomic mass is 10.0. The molecule has 0 saturated heterocycles. The smallest absolute Gasteiger partial charge is 0.307 e. The van der Waals surface area contributed by atoms with E-state index in [1.54, 1.807) is 6.92 Å². The van der Waals surface area contributed by atoms with Gasteiger partial charge in [-0.15, -0.1) is 0 Å². The van der Waals surface area contributed by atoms with E-state index >= 15 is 0 Å². The largest absolute Gasteiger partial charge is 0.481 e. The van der Waals surface area contributed by atoms with Crippen molar-refractivity contribution in [2.24, 2.45) is 5.92 Å². The van der Waals surface area contributed by atoms with E-state index in [1.807, 2.05) is 20.8 Å². The number of carboxylic acids is 1. The lowest BCUT2D eigenvalue weighted by Crippen LogP contribution is -2.39. The molecular formula is C12H24N2O3. The molecule has 0 radical (unpaired) electrons. The predicted octanol–water partition coefficient (Wildman–Crippen LogP) is 0.990. The van der Waals surface area contributed by atoms with E-state index in [0.717, 1.165) is 6.42 Å². The van der Waals surface area contributed by atoms with Gasteiger partial charge < -0.3 is 15.7 Å². The second-order valence-corrected chi connectivity index (χ2v) is 4.50. The van der Waals surface area contributed by atoms with E-state index in [-0.39, 0.29) is 18.0 Å². The maximum Gasteiger partial charge on any atom is 0.307 e. The number of hydrogen-bond acceptors (Lipinski definition) is 3. The Kier molecular flexibility index (Phi) is 7.54. The van der Waals surface area contributed by atoms with Crippen LogP contribution in [-0.4, -0.2) is 35.6 Å². The van der Waals surface area contributed by atoms with Crippen molar-refractivity contribution in [3.8, 4) is 0 Å². The summed E-state index contributed by atoms with van der Waals surface area (Å²) in [7, 11) is 0. The van der Waals surface area contributed by atoms with Gasteiger partial charge in [-0.05, 0) is 20.3 Å². The van der Waals surface area contributed by atoms with Gasteiger partial charge in [0.15, 0.2) is 0 Å². The molecule has 5 heteroatoms. The van der Waals surface area contributed by atoms with E-state index in [1.165, 1.54) is 0 Å². The molecule has 0 aromatic carbocycles. The predicted molar refractivity (Wildman–Crippen MR) is 66.8 cm³/mol. The van der Waals surface area contributed by atoms with Gasteiger partial charge in [0.1, 0.15) is 0 Å². The lowest BCUT2D eigenvalue weighted by molar-refractivity contribution is -0.141. The Morgan fingerprint density at radius 2 is 1.82 bits per heavy atom. The van der Waals surface area contributed by atoms with Crippen molar-refractivity contribution in [2.45, 2.75) is 52.6 Å². The summed E-state index contributed by atoms with van der Waals surface area (Å²) in [5.41, 5.74) is 0. The third kappa shape index (κ3) is 6.94. The molecule has 0 spiro atoms. The average Bonchev–Trinajstić information content (AvgIpc) is 2.27. The van der Waals surface area contributed by atoms with Gasteiger partial charge in [0.05, 0.1) is 5.92 Å². The fourth-order valence-corrected chi connectivity index (χ4v) is 1.25. The summed E-state index contributed by atoms with van der Waals surface area (Å²) in [5, 5.41) is 14.7. The van der Waals surface area contributed by atoms with Crippen molar-refractivity contribution in [1.29, 1.82) is 0 Å². The van der Waals surface area contributed by atoms with Gasteiger partial charge in [-0.2, -0.15) is 0 Å². The molecule has 3 N–H and O–H groups in total. The van der Waals surface area contributed by atoms with Crippen LogP contribution in [-0.2, 0) is 9.59 Å². The Morgan fingerprint density at radius 1 is 1.24 bits per heavy atom. The summed E-state index contributed by atoms with van der Waals surface area (Å²) >= 11 is 0. The molecule has 0 rings (SSSR count). The topological polar surface area (TPSA) is 78.4 Å². The van der Waals surface area contributed by atoms with Gasteiger partial charge in [0, 0.05) is 25.0 Å². The second kappa shape index (κ2) is 8.06. The van der Waals surface area contributed by atoms with E-state index in [0.29, 0.717) is 13.0 Å². The van der Waals surface area contributed by atoms with Crippen LogP contribution in [0.15, 0.2) is 0 Å². The Labute approximate surface area is 103 Å². The summed E-state index contributed by atoms with van der Waals surface area (Å²) < 4.78 is 0. The van der Waals surface area contributed by atoms with E-state index in [4.69, 9.17) is 5.11 Å². The van der Waals surface area contributed by atoms with Crippen LogP contribution in [0.5, 0.6) is 0 Å². The van der Waals surface area contributed by atoms with Crippen LogP contribution in [0.3, 0.4) is 0 Å². The van der Waals surface area contributed by atoms with Crippen LogP contribution in [0, 0.1) is 5.92 Å². The van der Waals surface area contributed by atoms with Crippen LogP contribution in [0.25, 0.3) is 0 Å². The average molecular weight is 244 g/mol. The summed E-state index contributed by atoms with van der Waals surface area (Å²) in [6.45, 7) is 7.94. The molecule has 0 fully saturated rings. The SMILES string of the molecule is CCC(C)NC(=O)CCNC(C)C(C)C(=O)O. The van der Waals surface area contributed by atoms with E-state index < -0.39 is 11.9 Å². The second-order valence-electron chi connectivity index (χ2n) is 4.50. The normalized spacial score (nSPS) is 16.0. The Hall–Kier alpha value is -1.10. The van der Waals surface area contributed by atoms with Gasteiger partial charge in [-0.3, -0.25) is 9.59 Å². The zero-order valence-corrected chi connectivity index (χ0v) is 11.1. The number of hydrogen-bond donors (Lipinski definition) is 3. The summed E-state index contributed by atoms with van der Waals surface area (Å²) in [4.78, 5) is 22.1. The first-order valence-corrected chi connectivity index (χ1v) is 6.14. The van der Waals surface area contributed by atoms with Crippen molar-refractivity contribution >= 4 is 11.9 Å². The van der Waals surface area contributed by atoms with Crippen molar-refractivity contribution < 1.29 is 14.7 Å². The Bertz CT molecular complexity index is 256. The monoisotopic (exact) mass is 244 g/mol. The highest BCUT2D eigenvalue weighted by Gasteiger charge is 2.18. The Morgan fingerprint density at radius 3 is 2.29 bits per heavy atom. The van der Waals surface area contributed by atoms with Gasteiger partial charge in [0.2, 0.25) is 5.91 Å². The van der Waals surface area contributed by atoms with Crippen molar-refractivity contribution in [2.75, 3.05) is 6.54 Å². The summed E-state index contributed by atoms with van der Waals surface area (Å²) in [6, 6.07) is 0.0572. The van der Waals surface area contributed by atoms with Gasteiger partial charge >= 0.3 is 5.97 Å². The van der Waals surface area contributed by atoms with E-state index in [2.05, 4.69) is 10.6 Å². The molecular weight excluding hydrogens is 220 g/mol. The fourth-order valence-electron chi connectivity index (χ4n) is 1.25. The first kappa shape index (κ1) is 15.9. The molecule has 0 heterocycles. The molecule has 0 aliphatic rings. The molecule has 0 aromatic heterocycles. The third-order valence-corrected chi connectivity index (χ3v) is 2.98. The van der Waals surface area contributed by atoms with Gasteiger partial charge in [-0.25, -0.2) is 0 Å². The first-order chi connectivity index (χ1) is 7.88. The molecule has 3 unspecified atom stereocenters. The highest BCUT2D eigenvalue weighted by atomic mass is 16.4. The Balaban J connectivity index is 3.76. The van der Waals surface area contributed by atoms with Crippen molar-refractivity contribution in [3.63, 3.8) is 0 Å². The van der Waals surface area contributed by atoms with E-state index in [9.17, 15) is 9.59 Å². The minimum atomic E-state index is -0.825. The van der Waals surface area contributed by atoms with Crippen LogP contribution >= 0.6 is 0 Å². The van der Waals surface area contributed by atoms with Gasteiger partial charge in [-0.1, -0.05) is 13.8 Å². The van der Waals surface area contributed by atoms with Crippen molar-refractivity contribution in [1.82, 2.24) is 10.6 Å². The molecule has 0 aliphatic carbocycles. The number of carbonyl (C=O) groups is 2. The molecule has 100 valence electrons. The number of carboxylic acid groups (broad SMARTS) is 1. The quantitative estimate of drug-likeness (QED) is 0.595. The minimum Gasteiger partial charge on any atom is -0.481 e. The molecule has 17 heavy (non-hydrogen) atoms. The highest BCUT2D eigenvalue weighted by Crippen LogP contribution is 2.02. The number of nitrogens with one attached hydrogen (secondary N) is 2. The number of carbonyl (C=O) groups excluding carboxylic acids is 1. The molecule has 0 aliphatic heterocycles. The molecule has 5 nitrogen and oxygen atoms in total. The van der Waals surface area contributed by atoms with Crippen molar-refractivity contribution in [3.05, 3.63) is 0 Å². The molecule has 0 bridgehead atoms. The molecule has 0 aromatic rings.